The van der Waals surface area contributed by atoms with Crippen LogP contribution in [-0.2, 0) is 13.8 Å². The molecule has 5 nitrogen and oxygen atoms in total. The highest BCUT2D eigenvalue weighted by atomic mass is 35.7. The second kappa shape index (κ2) is 4.59. The highest BCUT2D eigenvalue weighted by molar-refractivity contribution is 8.14. The van der Waals surface area contributed by atoms with E-state index < -0.39 is 14.3 Å². The molecule has 94 valence electrons. The van der Waals surface area contributed by atoms with Gasteiger partial charge in [0.1, 0.15) is 5.25 Å². The molecule has 18 heavy (non-hydrogen) atoms. The highest BCUT2D eigenvalue weighted by Gasteiger charge is 2.37. The number of anilines is 1. The fraction of sp³-hybridized carbons (Fsp3) is 0.273. The predicted molar refractivity (Wildman–Crippen MR) is 66.7 cm³/mol. The Morgan fingerprint density at radius 3 is 2.39 bits per heavy atom. The van der Waals surface area contributed by atoms with Crippen LogP contribution in [0.2, 0.25) is 0 Å². The number of nitriles is 1. The maximum Gasteiger partial charge on any atom is 0.237 e. The molecule has 1 aromatic rings. The minimum Gasteiger partial charge on any atom is -0.311 e. The van der Waals surface area contributed by atoms with Crippen LogP contribution in [0, 0.1) is 11.3 Å². The molecule has 1 unspecified atom stereocenters. The van der Waals surface area contributed by atoms with Gasteiger partial charge in [-0.25, -0.2) is 8.42 Å². The zero-order valence-corrected chi connectivity index (χ0v) is 10.8. The minimum atomic E-state index is -3.73. The standard InChI is InChI=1S/C11H9ClN2O3S/c12-18(16,17)10-5-11(15)14(7-10)9-3-1-8(6-13)2-4-9/h1-4,10H,5,7H2. The third kappa shape index (κ3) is 2.47. The van der Waals surface area contributed by atoms with Crippen LogP contribution in [0.15, 0.2) is 24.3 Å². The Bertz CT molecular complexity index is 619. The lowest BCUT2D eigenvalue weighted by Crippen LogP contribution is -2.26. The van der Waals surface area contributed by atoms with Crippen molar-refractivity contribution in [3.8, 4) is 6.07 Å². The molecule has 0 spiro atoms. The van der Waals surface area contributed by atoms with E-state index in [1.807, 2.05) is 6.07 Å². The number of nitrogens with zero attached hydrogens (tertiary/aromatic N) is 2. The summed E-state index contributed by atoms with van der Waals surface area (Å²) >= 11 is 0. The molecule has 1 amide bonds. The molecule has 0 aliphatic carbocycles. The zero-order valence-electron chi connectivity index (χ0n) is 9.21. The van der Waals surface area contributed by atoms with E-state index in [2.05, 4.69) is 0 Å². The number of benzene rings is 1. The van der Waals surface area contributed by atoms with Crippen molar-refractivity contribution in [3.63, 3.8) is 0 Å². The van der Waals surface area contributed by atoms with Gasteiger partial charge in [-0.1, -0.05) is 0 Å². The SMILES string of the molecule is N#Cc1ccc(N2CC(S(=O)(=O)Cl)CC2=O)cc1. The maximum atomic E-state index is 11.7. The average Bonchev–Trinajstić information content (AvgIpc) is 2.71. The van der Waals surface area contributed by atoms with E-state index in [9.17, 15) is 13.2 Å². The summed E-state index contributed by atoms with van der Waals surface area (Å²) in [6, 6.07) is 8.34. The van der Waals surface area contributed by atoms with Crippen molar-refractivity contribution in [1.29, 1.82) is 5.26 Å². The Hall–Kier alpha value is -1.58. The molecule has 0 radical (unpaired) electrons. The van der Waals surface area contributed by atoms with Gasteiger partial charge in [0.15, 0.2) is 0 Å². The largest absolute Gasteiger partial charge is 0.311 e. The maximum absolute atomic E-state index is 11.7. The smallest absolute Gasteiger partial charge is 0.237 e. The summed E-state index contributed by atoms with van der Waals surface area (Å²) in [6.07, 6.45) is -0.105. The summed E-state index contributed by atoms with van der Waals surface area (Å²) in [6.45, 7) is 0.0521. The zero-order chi connectivity index (χ0) is 13.3. The van der Waals surface area contributed by atoms with Crippen LogP contribution in [-0.4, -0.2) is 26.1 Å². The summed E-state index contributed by atoms with van der Waals surface area (Å²) in [4.78, 5) is 13.1. The average molecular weight is 285 g/mol. The summed E-state index contributed by atoms with van der Waals surface area (Å²) in [5.41, 5.74) is 1.05. The van der Waals surface area contributed by atoms with Crippen molar-refractivity contribution in [2.45, 2.75) is 11.7 Å². The second-order valence-corrected chi connectivity index (χ2v) is 6.87. The first-order valence-electron chi connectivity index (χ1n) is 5.16. The van der Waals surface area contributed by atoms with E-state index in [0.717, 1.165) is 0 Å². The second-order valence-electron chi connectivity index (χ2n) is 3.96. The van der Waals surface area contributed by atoms with Gasteiger partial charge in [0.25, 0.3) is 0 Å². The number of carbonyl (C=O) groups excluding carboxylic acids is 1. The van der Waals surface area contributed by atoms with Crippen LogP contribution >= 0.6 is 10.7 Å². The van der Waals surface area contributed by atoms with Crippen LogP contribution in [0.5, 0.6) is 0 Å². The van der Waals surface area contributed by atoms with Crippen molar-refractivity contribution in [3.05, 3.63) is 29.8 Å². The molecule has 1 heterocycles. The molecule has 1 saturated heterocycles. The normalized spacial score (nSPS) is 19.9. The van der Waals surface area contributed by atoms with E-state index in [1.165, 1.54) is 4.90 Å². The monoisotopic (exact) mass is 284 g/mol. The van der Waals surface area contributed by atoms with Crippen LogP contribution in [0.25, 0.3) is 0 Å². The topological polar surface area (TPSA) is 78.2 Å². The molecule has 2 rings (SSSR count). The van der Waals surface area contributed by atoms with Crippen LogP contribution in [0.3, 0.4) is 0 Å². The highest BCUT2D eigenvalue weighted by Crippen LogP contribution is 2.26. The molecule has 1 aliphatic rings. The molecule has 1 aliphatic heterocycles. The van der Waals surface area contributed by atoms with Crippen molar-refractivity contribution < 1.29 is 13.2 Å². The summed E-state index contributed by atoms with van der Waals surface area (Å²) in [7, 11) is 1.52. The van der Waals surface area contributed by atoms with E-state index in [-0.39, 0.29) is 18.9 Å². The van der Waals surface area contributed by atoms with Gasteiger partial charge in [-0.05, 0) is 24.3 Å². The van der Waals surface area contributed by atoms with Gasteiger partial charge >= 0.3 is 0 Å². The first-order chi connectivity index (χ1) is 8.41. The van der Waals surface area contributed by atoms with Gasteiger partial charge < -0.3 is 4.90 Å². The van der Waals surface area contributed by atoms with Gasteiger partial charge in [-0.2, -0.15) is 5.26 Å². The number of carbonyl (C=O) groups is 1. The quantitative estimate of drug-likeness (QED) is 0.765. The third-order valence-electron chi connectivity index (χ3n) is 2.80. The summed E-state index contributed by atoms with van der Waals surface area (Å²) in [5.74, 6) is -0.283. The van der Waals surface area contributed by atoms with Gasteiger partial charge in [0.2, 0.25) is 15.0 Å². The first-order valence-corrected chi connectivity index (χ1v) is 7.53. The van der Waals surface area contributed by atoms with Crippen molar-refractivity contribution >= 4 is 31.3 Å². The van der Waals surface area contributed by atoms with E-state index in [1.54, 1.807) is 24.3 Å². The Balaban J connectivity index is 2.25. The lowest BCUT2D eigenvalue weighted by atomic mass is 10.2. The number of amides is 1. The molecular weight excluding hydrogens is 276 g/mol. The Morgan fingerprint density at radius 1 is 1.33 bits per heavy atom. The van der Waals surface area contributed by atoms with Crippen LogP contribution in [0.4, 0.5) is 5.69 Å². The van der Waals surface area contributed by atoms with E-state index in [4.69, 9.17) is 15.9 Å². The summed E-state index contributed by atoms with van der Waals surface area (Å²) in [5, 5.41) is 7.79. The lowest BCUT2D eigenvalue weighted by Gasteiger charge is -2.15. The molecule has 0 aromatic heterocycles. The first kappa shape index (κ1) is 12.9. The van der Waals surface area contributed by atoms with E-state index >= 15 is 0 Å². The lowest BCUT2D eigenvalue weighted by molar-refractivity contribution is -0.117. The molecular formula is C11H9ClN2O3S. The Kier molecular flexibility index (Phi) is 3.28. The molecule has 0 N–H and O–H groups in total. The van der Waals surface area contributed by atoms with Crippen LogP contribution in [0.1, 0.15) is 12.0 Å². The summed E-state index contributed by atoms with van der Waals surface area (Å²) < 4.78 is 22.4. The molecule has 1 atom stereocenters. The van der Waals surface area contributed by atoms with Crippen molar-refractivity contribution in [1.82, 2.24) is 0 Å². The number of hydrogen-bond acceptors (Lipinski definition) is 4. The van der Waals surface area contributed by atoms with Crippen molar-refractivity contribution in [2.24, 2.45) is 0 Å². The fourth-order valence-corrected chi connectivity index (χ4v) is 2.86. The number of hydrogen-bond donors (Lipinski definition) is 0. The number of rotatable bonds is 2. The van der Waals surface area contributed by atoms with Gasteiger partial charge in [-0.15, -0.1) is 0 Å². The van der Waals surface area contributed by atoms with E-state index in [0.29, 0.717) is 11.3 Å². The molecule has 1 aromatic carbocycles. The molecule has 0 saturated carbocycles. The van der Waals surface area contributed by atoms with Gasteiger partial charge in [0, 0.05) is 29.3 Å². The molecule has 1 fully saturated rings. The van der Waals surface area contributed by atoms with Crippen LogP contribution < -0.4 is 4.90 Å². The molecule has 7 heteroatoms. The number of halogens is 1. The Morgan fingerprint density at radius 2 is 1.94 bits per heavy atom. The molecule has 0 bridgehead atoms. The predicted octanol–water partition coefficient (Wildman–Crippen LogP) is 1.23. The Labute approximate surface area is 109 Å². The third-order valence-corrected chi connectivity index (χ3v) is 4.66. The fourth-order valence-electron chi connectivity index (χ4n) is 1.83. The van der Waals surface area contributed by atoms with Gasteiger partial charge in [0.05, 0.1) is 11.6 Å². The van der Waals surface area contributed by atoms with Gasteiger partial charge in [-0.3, -0.25) is 4.79 Å². The van der Waals surface area contributed by atoms with Crippen molar-refractivity contribution in [2.75, 3.05) is 11.4 Å². The minimum absolute atomic E-state index is 0.0521.